The van der Waals surface area contributed by atoms with E-state index in [1.54, 1.807) is 0 Å². The summed E-state index contributed by atoms with van der Waals surface area (Å²) in [6.45, 7) is 3.01. The van der Waals surface area contributed by atoms with Crippen molar-refractivity contribution in [1.82, 2.24) is 5.32 Å². The van der Waals surface area contributed by atoms with Gasteiger partial charge in [0, 0.05) is 6.54 Å². The van der Waals surface area contributed by atoms with Gasteiger partial charge in [-0.3, -0.25) is 0 Å². The Kier molecular flexibility index (Phi) is 16.7. The van der Waals surface area contributed by atoms with Crippen LogP contribution in [0.2, 0.25) is 0 Å². The first kappa shape index (κ1) is 20.3. The van der Waals surface area contributed by atoms with Gasteiger partial charge in [0.15, 0.2) is 0 Å². The molecule has 3 N–H and O–H groups in total. The third kappa shape index (κ3) is 19.3. The first-order valence-electron chi connectivity index (χ1n) is 9.30. The Balaban J connectivity index is 2.95. The van der Waals surface area contributed by atoms with Gasteiger partial charge in [0.05, 0.1) is 0 Å². The molecule has 0 rings (SSSR count). The highest BCUT2D eigenvalue weighted by molar-refractivity contribution is 5.71. The number of carbonyl (C=O) groups is 1. The van der Waals surface area contributed by atoms with Gasteiger partial charge in [0.25, 0.3) is 0 Å². The van der Waals surface area contributed by atoms with E-state index < -0.39 is 6.03 Å². The van der Waals surface area contributed by atoms with Crippen LogP contribution in [0.4, 0.5) is 4.79 Å². The molecule has 0 unspecified atom stereocenters. The number of rotatable bonds is 16. The number of carbonyl (C=O) groups excluding carboxylic acids is 1. The molecule has 126 valence electrons. The average Bonchev–Trinajstić information content (AvgIpc) is 2.46. The van der Waals surface area contributed by atoms with E-state index in [2.05, 4.69) is 12.2 Å². The lowest BCUT2D eigenvalue weighted by molar-refractivity contribution is 0.248. The second kappa shape index (κ2) is 17.3. The fourth-order valence-corrected chi connectivity index (χ4v) is 2.71. The molecule has 0 aliphatic rings. The highest BCUT2D eigenvalue weighted by Crippen LogP contribution is 2.13. The number of amides is 2. The second-order valence-electron chi connectivity index (χ2n) is 6.24. The molecule has 0 heterocycles. The van der Waals surface area contributed by atoms with E-state index in [4.69, 9.17) is 5.73 Å². The van der Waals surface area contributed by atoms with E-state index in [9.17, 15) is 4.79 Å². The Hall–Kier alpha value is -0.730. The summed E-state index contributed by atoms with van der Waals surface area (Å²) in [5, 5.41) is 2.63. The topological polar surface area (TPSA) is 55.1 Å². The number of unbranched alkanes of at least 4 members (excludes halogenated alkanes) is 14. The largest absolute Gasteiger partial charge is 0.352 e. The summed E-state index contributed by atoms with van der Waals surface area (Å²) < 4.78 is 0. The zero-order valence-corrected chi connectivity index (χ0v) is 14.3. The normalized spacial score (nSPS) is 10.7. The molecule has 0 aromatic heterocycles. The molecule has 3 heteroatoms. The minimum atomic E-state index is -0.402. The first-order valence-corrected chi connectivity index (χ1v) is 9.30. The van der Waals surface area contributed by atoms with E-state index in [-0.39, 0.29) is 0 Å². The van der Waals surface area contributed by atoms with Crippen molar-refractivity contribution in [3.8, 4) is 0 Å². The molecule has 0 aliphatic heterocycles. The lowest BCUT2D eigenvalue weighted by atomic mass is 10.0. The molecule has 0 fully saturated rings. The minimum Gasteiger partial charge on any atom is -0.352 e. The quantitative estimate of drug-likeness (QED) is 0.362. The van der Waals surface area contributed by atoms with Crippen LogP contribution in [0.5, 0.6) is 0 Å². The fourth-order valence-electron chi connectivity index (χ4n) is 2.71. The molecule has 21 heavy (non-hydrogen) atoms. The molecule has 0 aromatic carbocycles. The third-order valence-corrected chi connectivity index (χ3v) is 4.08. The van der Waals surface area contributed by atoms with Gasteiger partial charge >= 0.3 is 6.03 Å². The lowest BCUT2D eigenvalue weighted by Crippen LogP contribution is -2.29. The Morgan fingerprint density at radius 2 is 1.00 bits per heavy atom. The van der Waals surface area contributed by atoms with Crippen LogP contribution < -0.4 is 11.1 Å². The standard InChI is InChI=1S/C18H38N2O/c1-2-3-4-5-6-7-8-9-10-11-12-13-14-15-16-17-20-18(19)21/h2-17H2,1H3,(H3,19,20,21). The molecule has 2 amide bonds. The molecule has 0 aromatic rings. The number of primary amides is 1. The summed E-state index contributed by atoms with van der Waals surface area (Å²) in [5.74, 6) is 0. The molecule has 0 atom stereocenters. The number of hydrogen-bond acceptors (Lipinski definition) is 1. The van der Waals surface area contributed by atoms with Crippen molar-refractivity contribution in [1.29, 1.82) is 0 Å². The van der Waals surface area contributed by atoms with E-state index in [0.717, 1.165) is 13.0 Å². The van der Waals surface area contributed by atoms with E-state index in [1.807, 2.05) is 0 Å². The Labute approximate surface area is 132 Å². The second-order valence-corrected chi connectivity index (χ2v) is 6.24. The van der Waals surface area contributed by atoms with Gasteiger partial charge in [-0.05, 0) is 6.42 Å². The van der Waals surface area contributed by atoms with Gasteiger partial charge in [-0.25, -0.2) is 4.79 Å². The van der Waals surface area contributed by atoms with Gasteiger partial charge in [-0.1, -0.05) is 96.8 Å². The molecule has 0 aliphatic carbocycles. The van der Waals surface area contributed by atoms with E-state index in [1.165, 1.54) is 89.9 Å². The van der Waals surface area contributed by atoms with Crippen LogP contribution in [0.3, 0.4) is 0 Å². The number of nitrogens with one attached hydrogen (secondary N) is 1. The van der Waals surface area contributed by atoms with Crippen molar-refractivity contribution >= 4 is 6.03 Å². The third-order valence-electron chi connectivity index (χ3n) is 4.08. The number of hydrogen-bond donors (Lipinski definition) is 2. The smallest absolute Gasteiger partial charge is 0.312 e. The van der Waals surface area contributed by atoms with Gasteiger partial charge in [-0.2, -0.15) is 0 Å². The van der Waals surface area contributed by atoms with Gasteiger partial charge < -0.3 is 11.1 Å². The average molecular weight is 299 g/mol. The molecule has 0 saturated carbocycles. The van der Waals surface area contributed by atoms with Crippen LogP contribution in [-0.4, -0.2) is 12.6 Å². The van der Waals surface area contributed by atoms with Crippen LogP contribution >= 0.6 is 0 Å². The predicted octanol–water partition coefficient (Wildman–Crippen LogP) is 5.53. The summed E-state index contributed by atoms with van der Waals surface area (Å²) in [5.41, 5.74) is 5.00. The SMILES string of the molecule is CCCCCCCCCCCCCCCCCNC(N)=O. The van der Waals surface area contributed by atoms with Crippen molar-refractivity contribution in [2.75, 3.05) is 6.54 Å². The molecule has 3 nitrogen and oxygen atoms in total. The van der Waals surface area contributed by atoms with Gasteiger partial charge in [0.1, 0.15) is 0 Å². The van der Waals surface area contributed by atoms with Crippen molar-refractivity contribution in [2.24, 2.45) is 5.73 Å². The molecule has 0 radical (unpaired) electrons. The Morgan fingerprint density at radius 3 is 1.33 bits per heavy atom. The zero-order chi connectivity index (χ0) is 15.6. The van der Waals surface area contributed by atoms with Gasteiger partial charge in [0.2, 0.25) is 0 Å². The van der Waals surface area contributed by atoms with Crippen LogP contribution in [-0.2, 0) is 0 Å². The van der Waals surface area contributed by atoms with Crippen molar-refractivity contribution in [2.45, 2.75) is 103 Å². The summed E-state index contributed by atoms with van der Waals surface area (Å²) in [7, 11) is 0. The van der Waals surface area contributed by atoms with E-state index in [0.29, 0.717) is 0 Å². The predicted molar refractivity (Wildman–Crippen MR) is 92.5 cm³/mol. The van der Waals surface area contributed by atoms with Crippen LogP contribution in [0, 0.1) is 0 Å². The maximum Gasteiger partial charge on any atom is 0.312 e. The van der Waals surface area contributed by atoms with Crippen molar-refractivity contribution in [3.05, 3.63) is 0 Å². The first-order chi connectivity index (χ1) is 10.3. The van der Waals surface area contributed by atoms with Crippen molar-refractivity contribution < 1.29 is 4.79 Å². The maximum atomic E-state index is 10.5. The number of nitrogens with two attached hydrogens (primary N) is 1. The summed E-state index contributed by atoms with van der Waals surface area (Å²) in [4.78, 5) is 10.5. The molecular formula is C18H38N2O. The van der Waals surface area contributed by atoms with Crippen LogP contribution in [0.15, 0.2) is 0 Å². The van der Waals surface area contributed by atoms with Crippen LogP contribution in [0.25, 0.3) is 0 Å². The Morgan fingerprint density at radius 1 is 0.667 bits per heavy atom. The van der Waals surface area contributed by atoms with Crippen LogP contribution in [0.1, 0.15) is 103 Å². The fraction of sp³-hybridized carbons (Fsp3) is 0.944. The highest BCUT2D eigenvalue weighted by atomic mass is 16.2. The lowest BCUT2D eigenvalue weighted by Gasteiger charge is -2.03. The summed E-state index contributed by atoms with van der Waals surface area (Å²) in [6.07, 6.45) is 20.5. The zero-order valence-electron chi connectivity index (χ0n) is 14.3. The van der Waals surface area contributed by atoms with E-state index >= 15 is 0 Å². The molecule has 0 saturated heterocycles. The van der Waals surface area contributed by atoms with Crippen molar-refractivity contribution in [3.63, 3.8) is 0 Å². The highest BCUT2D eigenvalue weighted by Gasteiger charge is 1.95. The minimum absolute atomic E-state index is 0.402. The molecule has 0 spiro atoms. The van der Waals surface area contributed by atoms with Gasteiger partial charge in [-0.15, -0.1) is 0 Å². The maximum absolute atomic E-state index is 10.5. The molecule has 0 bridgehead atoms. The molecular weight excluding hydrogens is 260 g/mol. The Bertz CT molecular complexity index is 219. The monoisotopic (exact) mass is 298 g/mol. The number of urea groups is 1. The summed E-state index contributed by atoms with van der Waals surface area (Å²) >= 11 is 0. The summed E-state index contributed by atoms with van der Waals surface area (Å²) in [6, 6.07) is -0.402.